The lowest BCUT2D eigenvalue weighted by molar-refractivity contribution is -0.135. The number of imidazole rings is 1. The van der Waals surface area contributed by atoms with Crippen LogP contribution in [0, 0.1) is 5.92 Å². The molecule has 1 aliphatic carbocycles. The summed E-state index contributed by atoms with van der Waals surface area (Å²) < 4.78 is 2.00. The van der Waals surface area contributed by atoms with E-state index in [-0.39, 0.29) is 30.9 Å². The van der Waals surface area contributed by atoms with Crippen LogP contribution >= 0.6 is 0 Å². The first kappa shape index (κ1) is 16.9. The van der Waals surface area contributed by atoms with E-state index in [1.807, 2.05) is 15.7 Å². The van der Waals surface area contributed by atoms with Crippen LogP contribution in [0.3, 0.4) is 0 Å². The molecule has 1 unspecified atom stereocenters. The van der Waals surface area contributed by atoms with E-state index in [1.165, 1.54) is 0 Å². The number of hydrogen-bond acceptors (Lipinski definition) is 5. The molecule has 0 bridgehead atoms. The van der Waals surface area contributed by atoms with E-state index >= 15 is 0 Å². The van der Waals surface area contributed by atoms with E-state index in [9.17, 15) is 14.7 Å². The SMILES string of the molecule is CN1CCN(CC(=O)N[C@@H]2CC(Cn3ccnc3)C[C@H]2O)CC1=O. The van der Waals surface area contributed by atoms with Crippen molar-refractivity contribution in [3.05, 3.63) is 18.7 Å². The number of rotatable bonds is 5. The lowest BCUT2D eigenvalue weighted by Crippen LogP contribution is -2.52. The average Bonchev–Trinajstić information content (AvgIpc) is 3.14. The smallest absolute Gasteiger partial charge is 0.236 e. The van der Waals surface area contributed by atoms with Gasteiger partial charge in [-0.3, -0.25) is 14.5 Å². The molecule has 3 rings (SSSR count). The lowest BCUT2D eigenvalue weighted by Gasteiger charge is -2.31. The monoisotopic (exact) mass is 335 g/mol. The number of carbonyl (C=O) groups is 2. The van der Waals surface area contributed by atoms with Crippen LogP contribution in [0.25, 0.3) is 0 Å². The molecule has 1 saturated heterocycles. The Labute approximate surface area is 141 Å². The highest BCUT2D eigenvalue weighted by molar-refractivity contribution is 5.82. The number of amides is 2. The van der Waals surface area contributed by atoms with Gasteiger partial charge in [0.2, 0.25) is 11.8 Å². The standard InChI is InChI=1S/C16H25N5O3/c1-19-4-5-20(10-16(19)24)9-15(23)18-13-6-12(7-14(13)22)8-21-3-2-17-11-21/h2-3,11-14,22H,4-10H2,1H3,(H,18,23)/t12?,13-,14-/m1/s1. The van der Waals surface area contributed by atoms with Crippen LogP contribution < -0.4 is 5.32 Å². The van der Waals surface area contributed by atoms with Crippen molar-refractivity contribution in [2.75, 3.05) is 33.2 Å². The highest BCUT2D eigenvalue weighted by Gasteiger charge is 2.34. The summed E-state index contributed by atoms with van der Waals surface area (Å²) in [5.41, 5.74) is 0. The second-order valence-electron chi connectivity index (χ2n) is 6.86. The Morgan fingerprint density at radius 1 is 1.42 bits per heavy atom. The van der Waals surface area contributed by atoms with Gasteiger partial charge in [0.25, 0.3) is 0 Å². The molecule has 8 heteroatoms. The van der Waals surface area contributed by atoms with Gasteiger partial charge in [-0.2, -0.15) is 0 Å². The van der Waals surface area contributed by atoms with Crippen molar-refractivity contribution in [2.24, 2.45) is 5.92 Å². The molecule has 132 valence electrons. The Morgan fingerprint density at radius 2 is 2.25 bits per heavy atom. The summed E-state index contributed by atoms with van der Waals surface area (Å²) in [6.07, 6.45) is 6.33. The zero-order valence-electron chi connectivity index (χ0n) is 14.0. The third-order valence-electron chi connectivity index (χ3n) is 4.90. The number of aliphatic hydroxyl groups excluding tert-OH is 1. The molecule has 1 aromatic rings. The zero-order valence-corrected chi connectivity index (χ0v) is 14.0. The second kappa shape index (κ2) is 7.31. The van der Waals surface area contributed by atoms with E-state index in [0.29, 0.717) is 25.4 Å². The molecule has 8 nitrogen and oxygen atoms in total. The van der Waals surface area contributed by atoms with Crippen LogP contribution in [-0.2, 0) is 16.1 Å². The number of piperazine rings is 1. The number of nitrogens with zero attached hydrogens (tertiary/aromatic N) is 4. The molecule has 1 aliphatic heterocycles. The van der Waals surface area contributed by atoms with Gasteiger partial charge in [0.05, 0.1) is 31.6 Å². The predicted octanol–water partition coefficient (Wildman–Crippen LogP) is -1.09. The third kappa shape index (κ3) is 4.12. The number of aromatic nitrogens is 2. The molecular weight excluding hydrogens is 310 g/mol. The summed E-state index contributed by atoms with van der Waals surface area (Å²) in [6, 6.07) is -0.214. The van der Waals surface area contributed by atoms with Crippen LogP contribution in [0.4, 0.5) is 0 Å². The summed E-state index contributed by atoms with van der Waals surface area (Å²) in [4.78, 5) is 31.4. The van der Waals surface area contributed by atoms with E-state index < -0.39 is 6.10 Å². The minimum absolute atomic E-state index is 0.0374. The van der Waals surface area contributed by atoms with E-state index in [4.69, 9.17) is 0 Å². The maximum atomic E-state index is 12.2. The van der Waals surface area contributed by atoms with Crippen LogP contribution in [0.1, 0.15) is 12.8 Å². The number of hydrogen-bond donors (Lipinski definition) is 2. The first-order valence-electron chi connectivity index (χ1n) is 8.40. The second-order valence-corrected chi connectivity index (χ2v) is 6.86. The minimum atomic E-state index is -0.517. The Morgan fingerprint density at radius 3 is 2.96 bits per heavy atom. The van der Waals surface area contributed by atoms with Crippen molar-refractivity contribution in [1.29, 1.82) is 0 Å². The summed E-state index contributed by atoms with van der Waals surface area (Å²) in [6.45, 7) is 2.63. The number of carbonyl (C=O) groups excluding carboxylic acids is 2. The first-order valence-corrected chi connectivity index (χ1v) is 8.40. The van der Waals surface area contributed by atoms with E-state index in [0.717, 1.165) is 13.0 Å². The number of nitrogens with one attached hydrogen (secondary N) is 1. The Hall–Kier alpha value is -1.93. The van der Waals surface area contributed by atoms with Gasteiger partial charge in [-0.1, -0.05) is 0 Å². The summed E-state index contributed by atoms with van der Waals surface area (Å²) in [5, 5.41) is 13.1. The van der Waals surface area contributed by atoms with Crippen molar-refractivity contribution in [3.8, 4) is 0 Å². The van der Waals surface area contributed by atoms with Crippen LogP contribution in [-0.4, -0.2) is 81.6 Å². The highest BCUT2D eigenvalue weighted by atomic mass is 16.3. The Balaban J connectivity index is 1.45. The molecule has 2 N–H and O–H groups in total. The minimum Gasteiger partial charge on any atom is -0.391 e. The maximum absolute atomic E-state index is 12.2. The van der Waals surface area contributed by atoms with Crippen molar-refractivity contribution in [2.45, 2.75) is 31.5 Å². The summed E-state index contributed by atoms with van der Waals surface area (Å²) in [5.74, 6) is 0.236. The normalized spacial score (nSPS) is 28.3. The summed E-state index contributed by atoms with van der Waals surface area (Å²) >= 11 is 0. The van der Waals surface area contributed by atoms with Crippen LogP contribution in [0.2, 0.25) is 0 Å². The van der Waals surface area contributed by atoms with E-state index in [1.54, 1.807) is 24.5 Å². The lowest BCUT2D eigenvalue weighted by atomic mass is 10.1. The molecule has 1 saturated carbocycles. The van der Waals surface area contributed by atoms with Gasteiger partial charge < -0.3 is 19.9 Å². The molecule has 0 aromatic carbocycles. The van der Waals surface area contributed by atoms with Gasteiger partial charge in [0.15, 0.2) is 0 Å². The molecule has 3 atom stereocenters. The quantitative estimate of drug-likeness (QED) is 0.714. The van der Waals surface area contributed by atoms with Crippen molar-refractivity contribution < 1.29 is 14.7 Å². The van der Waals surface area contributed by atoms with Crippen LogP contribution in [0.15, 0.2) is 18.7 Å². The van der Waals surface area contributed by atoms with Crippen LogP contribution in [0.5, 0.6) is 0 Å². The molecule has 0 radical (unpaired) electrons. The Bertz CT molecular complexity index is 576. The van der Waals surface area contributed by atoms with Gasteiger partial charge >= 0.3 is 0 Å². The number of aliphatic hydroxyl groups is 1. The molecule has 2 aliphatic rings. The molecular formula is C16H25N5O3. The summed E-state index contributed by atoms with van der Waals surface area (Å²) in [7, 11) is 1.77. The topological polar surface area (TPSA) is 90.7 Å². The molecule has 0 spiro atoms. The van der Waals surface area contributed by atoms with Gasteiger partial charge in [-0.15, -0.1) is 0 Å². The molecule has 2 amide bonds. The fourth-order valence-corrected chi connectivity index (χ4v) is 3.51. The number of likely N-dealkylation sites (N-methyl/N-ethyl adjacent to an activating group) is 1. The fraction of sp³-hybridized carbons (Fsp3) is 0.688. The predicted molar refractivity (Wildman–Crippen MR) is 87.0 cm³/mol. The molecule has 2 fully saturated rings. The zero-order chi connectivity index (χ0) is 17.1. The largest absolute Gasteiger partial charge is 0.391 e. The van der Waals surface area contributed by atoms with Gasteiger partial charge in [-0.05, 0) is 18.8 Å². The fourth-order valence-electron chi connectivity index (χ4n) is 3.51. The van der Waals surface area contributed by atoms with Crippen molar-refractivity contribution in [3.63, 3.8) is 0 Å². The molecule has 24 heavy (non-hydrogen) atoms. The Kier molecular flexibility index (Phi) is 5.15. The average molecular weight is 335 g/mol. The van der Waals surface area contributed by atoms with Gasteiger partial charge in [0, 0.05) is 39.1 Å². The maximum Gasteiger partial charge on any atom is 0.236 e. The van der Waals surface area contributed by atoms with E-state index in [2.05, 4.69) is 10.3 Å². The van der Waals surface area contributed by atoms with Gasteiger partial charge in [0.1, 0.15) is 0 Å². The first-order chi connectivity index (χ1) is 11.5. The highest BCUT2D eigenvalue weighted by Crippen LogP contribution is 2.27. The molecule has 2 heterocycles. The molecule has 1 aromatic heterocycles. The third-order valence-corrected chi connectivity index (χ3v) is 4.90. The van der Waals surface area contributed by atoms with Crippen molar-refractivity contribution >= 4 is 11.8 Å². The van der Waals surface area contributed by atoms with Crippen molar-refractivity contribution in [1.82, 2.24) is 24.7 Å². The van der Waals surface area contributed by atoms with Gasteiger partial charge in [-0.25, -0.2) is 4.98 Å².